The Morgan fingerprint density at radius 3 is 2.62 bits per heavy atom. The van der Waals surface area contributed by atoms with Crippen molar-refractivity contribution in [3.8, 4) is 0 Å². The number of urea groups is 1. The molecule has 0 bridgehead atoms. The summed E-state index contributed by atoms with van der Waals surface area (Å²) in [6.07, 6.45) is 0. The zero-order valence-electron chi connectivity index (χ0n) is 14.1. The molecule has 1 aromatic rings. The fourth-order valence-electron chi connectivity index (χ4n) is 3.42. The molecule has 0 aliphatic carbocycles. The molecule has 3 heterocycles. The van der Waals surface area contributed by atoms with Crippen LogP contribution in [0.4, 0.5) is 4.79 Å². The van der Waals surface area contributed by atoms with E-state index in [0.717, 1.165) is 5.56 Å². The van der Waals surface area contributed by atoms with Crippen LogP contribution < -0.4 is 5.32 Å². The minimum atomic E-state index is -0.566. The predicted molar refractivity (Wildman–Crippen MR) is 89.8 cm³/mol. The highest BCUT2D eigenvalue weighted by molar-refractivity contribution is 5.98. The van der Waals surface area contributed by atoms with Crippen molar-refractivity contribution in [1.82, 2.24) is 15.1 Å². The Labute approximate surface area is 150 Å². The van der Waals surface area contributed by atoms with Crippen LogP contribution in [0.3, 0.4) is 0 Å². The number of ether oxygens (including phenoxy) is 2. The van der Waals surface area contributed by atoms with Gasteiger partial charge >= 0.3 is 12.0 Å². The molecule has 1 N–H and O–H groups in total. The van der Waals surface area contributed by atoms with E-state index in [1.165, 1.54) is 4.90 Å². The molecule has 0 radical (unpaired) electrons. The van der Waals surface area contributed by atoms with Gasteiger partial charge in [-0.3, -0.25) is 9.69 Å². The summed E-state index contributed by atoms with van der Waals surface area (Å²) in [6, 6.07) is 8.27. The van der Waals surface area contributed by atoms with Crippen LogP contribution in [0.25, 0.3) is 0 Å². The van der Waals surface area contributed by atoms with Gasteiger partial charge < -0.3 is 19.7 Å². The van der Waals surface area contributed by atoms with E-state index in [9.17, 15) is 14.4 Å². The van der Waals surface area contributed by atoms with Gasteiger partial charge in [0.1, 0.15) is 13.2 Å². The summed E-state index contributed by atoms with van der Waals surface area (Å²) in [5, 5.41) is 2.83. The van der Waals surface area contributed by atoms with Gasteiger partial charge in [-0.1, -0.05) is 30.3 Å². The molecule has 26 heavy (non-hydrogen) atoms. The maximum absolute atomic E-state index is 12.7. The number of hydrogen-bond donors (Lipinski definition) is 1. The van der Waals surface area contributed by atoms with E-state index in [1.807, 2.05) is 30.3 Å². The lowest BCUT2D eigenvalue weighted by molar-refractivity contribution is -0.136. The molecule has 1 fully saturated rings. The van der Waals surface area contributed by atoms with Crippen molar-refractivity contribution in [2.75, 3.05) is 39.5 Å². The molecule has 1 aromatic carbocycles. The van der Waals surface area contributed by atoms with Gasteiger partial charge in [0.05, 0.1) is 30.5 Å². The molecule has 0 spiro atoms. The minimum absolute atomic E-state index is 0.00130. The third-order valence-electron chi connectivity index (χ3n) is 4.79. The van der Waals surface area contributed by atoms with E-state index in [0.29, 0.717) is 37.6 Å². The third kappa shape index (κ3) is 2.92. The van der Waals surface area contributed by atoms with Gasteiger partial charge in [0.2, 0.25) is 5.91 Å². The average Bonchev–Trinajstić information content (AvgIpc) is 3.07. The van der Waals surface area contributed by atoms with Gasteiger partial charge in [0.25, 0.3) is 0 Å². The summed E-state index contributed by atoms with van der Waals surface area (Å²) in [5.41, 5.74) is 1.66. The molecule has 0 unspecified atom stereocenters. The second-order valence-corrected chi connectivity index (χ2v) is 6.31. The van der Waals surface area contributed by atoms with E-state index in [-0.39, 0.29) is 19.1 Å². The van der Waals surface area contributed by atoms with Crippen molar-refractivity contribution >= 4 is 17.9 Å². The van der Waals surface area contributed by atoms with E-state index >= 15 is 0 Å². The largest absolute Gasteiger partial charge is 0.456 e. The van der Waals surface area contributed by atoms with E-state index < -0.39 is 18.0 Å². The second-order valence-electron chi connectivity index (χ2n) is 6.31. The number of nitrogens with one attached hydrogen (secondary N) is 1. The number of cyclic esters (lactones) is 1. The second kappa shape index (κ2) is 6.80. The first-order valence-electron chi connectivity index (χ1n) is 8.54. The first-order chi connectivity index (χ1) is 12.6. The number of nitrogens with zero attached hydrogens (tertiary/aromatic N) is 2. The van der Waals surface area contributed by atoms with Crippen LogP contribution in [-0.4, -0.2) is 67.2 Å². The summed E-state index contributed by atoms with van der Waals surface area (Å²) in [5.74, 6) is -0.634. The van der Waals surface area contributed by atoms with Gasteiger partial charge in [-0.05, 0) is 5.56 Å². The highest BCUT2D eigenvalue weighted by Crippen LogP contribution is 2.34. The van der Waals surface area contributed by atoms with Crippen LogP contribution in [0.2, 0.25) is 0 Å². The third-order valence-corrected chi connectivity index (χ3v) is 4.79. The van der Waals surface area contributed by atoms with E-state index in [4.69, 9.17) is 9.47 Å². The lowest BCUT2D eigenvalue weighted by Gasteiger charge is -2.34. The number of carbonyl (C=O) groups is 3. The molecule has 136 valence electrons. The first kappa shape index (κ1) is 16.6. The molecule has 3 aliphatic heterocycles. The van der Waals surface area contributed by atoms with Crippen molar-refractivity contribution in [2.24, 2.45) is 0 Å². The number of morpholine rings is 1. The van der Waals surface area contributed by atoms with Crippen LogP contribution in [0.15, 0.2) is 41.6 Å². The molecule has 8 heteroatoms. The maximum atomic E-state index is 12.7. The SMILES string of the molecule is O=C1OCC2=C1[C@H](c1ccccc1)NC(=O)N2CC(=O)N1CCOCC1. The summed E-state index contributed by atoms with van der Waals surface area (Å²) < 4.78 is 10.4. The minimum Gasteiger partial charge on any atom is -0.456 e. The van der Waals surface area contributed by atoms with Crippen LogP contribution in [-0.2, 0) is 19.1 Å². The molecule has 8 nitrogen and oxygen atoms in total. The highest BCUT2D eigenvalue weighted by Gasteiger charge is 2.43. The molecule has 3 aliphatic rings. The lowest BCUT2D eigenvalue weighted by Crippen LogP contribution is -2.52. The number of carbonyl (C=O) groups excluding carboxylic acids is 3. The van der Waals surface area contributed by atoms with Crippen molar-refractivity contribution in [3.05, 3.63) is 47.2 Å². The smallest absolute Gasteiger partial charge is 0.338 e. The lowest BCUT2D eigenvalue weighted by atomic mass is 9.96. The zero-order valence-corrected chi connectivity index (χ0v) is 14.1. The van der Waals surface area contributed by atoms with Crippen LogP contribution >= 0.6 is 0 Å². The maximum Gasteiger partial charge on any atom is 0.338 e. The van der Waals surface area contributed by atoms with Gasteiger partial charge in [-0.25, -0.2) is 9.59 Å². The van der Waals surface area contributed by atoms with Crippen molar-refractivity contribution in [3.63, 3.8) is 0 Å². The number of amides is 3. The average molecular weight is 357 g/mol. The van der Waals surface area contributed by atoms with Crippen LogP contribution in [0.5, 0.6) is 0 Å². The first-order valence-corrected chi connectivity index (χ1v) is 8.54. The van der Waals surface area contributed by atoms with E-state index in [1.54, 1.807) is 4.90 Å². The topological polar surface area (TPSA) is 88.2 Å². The Morgan fingerprint density at radius 1 is 1.15 bits per heavy atom. The molecule has 0 aromatic heterocycles. The quantitative estimate of drug-likeness (QED) is 0.793. The number of benzene rings is 1. The standard InChI is InChI=1S/C18H19N3O5/c22-14(20-6-8-25-9-7-20)10-21-13-11-26-17(23)15(13)16(19-18(21)24)12-4-2-1-3-5-12/h1-5,16H,6-11H2,(H,19,24)/t16-/m0/s1. The van der Waals surface area contributed by atoms with Gasteiger partial charge in [0.15, 0.2) is 0 Å². The summed E-state index contributed by atoms with van der Waals surface area (Å²) in [4.78, 5) is 40.4. The molecule has 0 saturated carbocycles. The van der Waals surface area contributed by atoms with Crippen LogP contribution in [0.1, 0.15) is 11.6 Å². The Morgan fingerprint density at radius 2 is 1.88 bits per heavy atom. The highest BCUT2D eigenvalue weighted by atomic mass is 16.5. The van der Waals surface area contributed by atoms with Gasteiger partial charge in [-0.2, -0.15) is 0 Å². The summed E-state index contributed by atoms with van der Waals surface area (Å²) in [6.45, 7) is 1.86. The van der Waals surface area contributed by atoms with Crippen LogP contribution in [0, 0.1) is 0 Å². The monoisotopic (exact) mass is 357 g/mol. The fraction of sp³-hybridized carbons (Fsp3) is 0.389. The number of esters is 1. The molecule has 1 saturated heterocycles. The Bertz CT molecular complexity index is 770. The zero-order chi connectivity index (χ0) is 18.1. The molecular weight excluding hydrogens is 338 g/mol. The van der Waals surface area contributed by atoms with E-state index in [2.05, 4.69) is 5.32 Å². The molecular formula is C18H19N3O5. The van der Waals surface area contributed by atoms with Crippen molar-refractivity contribution in [2.45, 2.75) is 6.04 Å². The molecule has 1 atom stereocenters. The molecule has 3 amide bonds. The Balaban J connectivity index is 1.61. The normalized spacial score (nSPS) is 22.8. The fourth-order valence-corrected chi connectivity index (χ4v) is 3.42. The van der Waals surface area contributed by atoms with Gasteiger partial charge in [-0.15, -0.1) is 0 Å². The van der Waals surface area contributed by atoms with Crippen molar-refractivity contribution < 1.29 is 23.9 Å². The Kier molecular flexibility index (Phi) is 4.34. The van der Waals surface area contributed by atoms with Crippen molar-refractivity contribution in [1.29, 1.82) is 0 Å². The summed E-state index contributed by atoms with van der Waals surface area (Å²) >= 11 is 0. The Hall–Kier alpha value is -2.87. The molecule has 4 rings (SSSR count). The number of rotatable bonds is 3. The summed E-state index contributed by atoms with van der Waals surface area (Å²) in [7, 11) is 0. The predicted octanol–water partition coefficient (Wildman–Crippen LogP) is 0.423. The van der Waals surface area contributed by atoms with Gasteiger partial charge in [0, 0.05) is 13.1 Å². The number of hydrogen-bond acceptors (Lipinski definition) is 5.